The lowest BCUT2D eigenvalue weighted by molar-refractivity contribution is -0.129. The maximum Gasteiger partial charge on any atom is 0.237 e. The predicted octanol–water partition coefficient (Wildman–Crippen LogP) is 1.73. The van der Waals surface area contributed by atoms with E-state index in [4.69, 9.17) is 4.74 Å². The van der Waals surface area contributed by atoms with Crippen molar-refractivity contribution in [2.45, 2.75) is 44.9 Å². The molecule has 0 bridgehead atoms. The van der Waals surface area contributed by atoms with Crippen molar-refractivity contribution in [3.8, 4) is 5.75 Å². The topological polar surface area (TPSA) is 41.6 Å². The Morgan fingerprint density at radius 1 is 1.30 bits per heavy atom. The predicted molar refractivity (Wildman–Crippen MR) is 77.8 cm³/mol. The SMILES string of the molecule is Cc1ccc(OC2CN([C@H](C)C(=O)NC3CC3)C2)cc1. The van der Waals surface area contributed by atoms with Gasteiger partial charge in [-0.3, -0.25) is 9.69 Å². The Hall–Kier alpha value is -1.55. The van der Waals surface area contributed by atoms with Crippen LogP contribution >= 0.6 is 0 Å². The van der Waals surface area contributed by atoms with Crippen molar-refractivity contribution in [3.63, 3.8) is 0 Å². The highest BCUT2D eigenvalue weighted by Crippen LogP contribution is 2.22. The van der Waals surface area contributed by atoms with Crippen LogP contribution in [0.25, 0.3) is 0 Å². The molecule has 3 rings (SSSR count). The number of nitrogens with zero attached hydrogens (tertiary/aromatic N) is 1. The molecule has 1 saturated heterocycles. The quantitative estimate of drug-likeness (QED) is 0.889. The summed E-state index contributed by atoms with van der Waals surface area (Å²) < 4.78 is 5.89. The van der Waals surface area contributed by atoms with Gasteiger partial charge in [-0.1, -0.05) is 17.7 Å². The Morgan fingerprint density at radius 2 is 1.95 bits per heavy atom. The molecule has 108 valence electrons. The molecule has 2 aliphatic rings. The van der Waals surface area contributed by atoms with Crippen molar-refractivity contribution in [1.29, 1.82) is 0 Å². The summed E-state index contributed by atoms with van der Waals surface area (Å²) in [5, 5.41) is 3.05. The minimum atomic E-state index is -0.0477. The van der Waals surface area contributed by atoms with Crippen molar-refractivity contribution in [2.24, 2.45) is 0 Å². The summed E-state index contributed by atoms with van der Waals surface area (Å²) in [6, 6.07) is 8.50. The van der Waals surface area contributed by atoms with Gasteiger partial charge in [0.15, 0.2) is 0 Å². The molecule has 1 amide bonds. The van der Waals surface area contributed by atoms with Gasteiger partial charge < -0.3 is 10.1 Å². The van der Waals surface area contributed by atoms with Gasteiger partial charge in [-0.15, -0.1) is 0 Å². The van der Waals surface area contributed by atoms with Gasteiger partial charge in [0, 0.05) is 19.1 Å². The normalized spacial score (nSPS) is 21.1. The fourth-order valence-electron chi connectivity index (χ4n) is 2.38. The minimum absolute atomic E-state index is 0.0477. The average Bonchev–Trinajstić information content (AvgIpc) is 3.18. The first-order valence-electron chi connectivity index (χ1n) is 7.39. The van der Waals surface area contributed by atoms with Crippen molar-refractivity contribution in [1.82, 2.24) is 10.2 Å². The van der Waals surface area contributed by atoms with Gasteiger partial charge in [-0.05, 0) is 38.8 Å². The van der Waals surface area contributed by atoms with Gasteiger partial charge in [0.05, 0.1) is 6.04 Å². The summed E-state index contributed by atoms with van der Waals surface area (Å²) in [7, 11) is 0. The van der Waals surface area contributed by atoms with Crippen LogP contribution in [0.1, 0.15) is 25.3 Å². The van der Waals surface area contributed by atoms with Gasteiger partial charge >= 0.3 is 0 Å². The van der Waals surface area contributed by atoms with E-state index < -0.39 is 0 Å². The maximum absolute atomic E-state index is 11.9. The minimum Gasteiger partial charge on any atom is -0.488 e. The molecule has 20 heavy (non-hydrogen) atoms. The summed E-state index contributed by atoms with van der Waals surface area (Å²) in [6.07, 6.45) is 2.48. The molecule has 1 atom stereocenters. The average molecular weight is 274 g/mol. The van der Waals surface area contributed by atoms with Gasteiger partial charge in [0.25, 0.3) is 0 Å². The molecule has 1 aliphatic heterocycles. The molecule has 4 nitrogen and oxygen atoms in total. The largest absolute Gasteiger partial charge is 0.488 e. The van der Waals surface area contributed by atoms with Crippen LogP contribution in [0.4, 0.5) is 0 Å². The number of amides is 1. The number of nitrogens with one attached hydrogen (secondary N) is 1. The molecule has 1 aliphatic carbocycles. The maximum atomic E-state index is 11.9. The van der Waals surface area contributed by atoms with Gasteiger partial charge in [-0.25, -0.2) is 0 Å². The third-order valence-corrected chi connectivity index (χ3v) is 4.05. The van der Waals surface area contributed by atoms with E-state index in [-0.39, 0.29) is 18.1 Å². The van der Waals surface area contributed by atoms with Crippen LogP contribution in [0.5, 0.6) is 5.75 Å². The fraction of sp³-hybridized carbons (Fsp3) is 0.562. The van der Waals surface area contributed by atoms with E-state index in [0.29, 0.717) is 6.04 Å². The Kier molecular flexibility index (Phi) is 3.66. The highest BCUT2D eigenvalue weighted by Gasteiger charge is 2.36. The Bertz CT molecular complexity index is 476. The highest BCUT2D eigenvalue weighted by molar-refractivity contribution is 5.82. The lowest BCUT2D eigenvalue weighted by atomic mass is 10.1. The van der Waals surface area contributed by atoms with Crippen molar-refractivity contribution >= 4 is 5.91 Å². The van der Waals surface area contributed by atoms with E-state index in [0.717, 1.165) is 31.7 Å². The third-order valence-electron chi connectivity index (χ3n) is 4.05. The molecule has 1 N–H and O–H groups in total. The summed E-state index contributed by atoms with van der Waals surface area (Å²) in [5.74, 6) is 1.07. The standard InChI is InChI=1S/C16H22N2O2/c1-11-3-7-14(8-4-11)20-15-9-18(10-15)12(2)16(19)17-13-5-6-13/h3-4,7-8,12-13,15H,5-6,9-10H2,1-2H3,(H,17,19)/t12-/m1/s1. The second kappa shape index (κ2) is 5.44. The highest BCUT2D eigenvalue weighted by atomic mass is 16.5. The Labute approximate surface area is 120 Å². The van der Waals surface area contributed by atoms with Gasteiger partial charge in [0.2, 0.25) is 5.91 Å². The molecule has 1 aromatic rings. The molecule has 1 aromatic carbocycles. The molecule has 0 radical (unpaired) electrons. The van der Waals surface area contributed by atoms with E-state index in [9.17, 15) is 4.79 Å². The molecule has 4 heteroatoms. The zero-order chi connectivity index (χ0) is 14.1. The zero-order valence-electron chi connectivity index (χ0n) is 12.1. The number of ether oxygens (including phenoxy) is 1. The van der Waals surface area contributed by atoms with E-state index in [1.165, 1.54) is 5.56 Å². The smallest absolute Gasteiger partial charge is 0.237 e. The summed E-state index contributed by atoms with van der Waals surface area (Å²) in [4.78, 5) is 14.1. The number of hydrogen-bond acceptors (Lipinski definition) is 3. The Morgan fingerprint density at radius 3 is 2.55 bits per heavy atom. The number of benzene rings is 1. The van der Waals surface area contributed by atoms with Crippen molar-refractivity contribution in [3.05, 3.63) is 29.8 Å². The molecular formula is C16H22N2O2. The van der Waals surface area contributed by atoms with E-state index in [1.54, 1.807) is 0 Å². The molecule has 1 saturated carbocycles. The summed E-state index contributed by atoms with van der Waals surface area (Å²) in [6.45, 7) is 5.69. The van der Waals surface area contributed by atoms with Crippen LogP contribution in [-0.4, -0.2) is 42.1 Å². The van der Waals surface area contributed by atoms with E-state index >= 15 is 0 Å². The number of hydrogen-bond donors (Lipinski definition) is 1. The first kappa shape index (κ1) is 13.4. The number of aryl methyl sites for hydroxylation is 1. The van der Waals surface area contributed by atoms with Crippen LogP contribution in [0.2, 0.25) is 0 Å². The first-order valence-corrected chi connectivity index (χ1v) is 7.39. The summed E-state index contributed by atoms with van der Waals surface area (Å²) in [5.41, 5.74) is 1.23. The second-order valence-electron chi connectivity index (χ2n) is 5.97. The lowest BCUT2D eigenvalue weighted by Gasteiger charge is -2.42. The second-order valence-corrected chi connectivity index (χ2v) is 5.97. The third kappa shape index (κ3) is 3.12. The van der Waals surface area contributed by atoms with Crippen molar-refractivity contribution in [2.75, 3.05) is 13.1 Å². The van der Waals surface area contributed by atoms with Crippen LogP contribution in [0.3, 0.4) is 0 Å². The number of likely N-dealkylation sites (tertiary alicyclic amines) is 1. The van der Waals surface area contributed by atoms with Crippen LogP contribution in [0.15, 0.2) is 24.3 Å². The molecule has 1 heterocycles. The van der Waals surface area contributed by atoms with Crippen LogP contribution in [0, 0.1) is 6.92 Å². The molecule has 0 aromatic heterocycles. The van der Waals surface area contributed by atoms with Crippen LogP contribution in [-0.2, 0) is 4.79 Å². The number of carbonyl (C=O) groups excluding carboxylic acids is 1. The molecule has 0 unspecified atom stereocenters. The number of carbonyl (C=O) groups is 1. The summed E-state index contributed by atoms with van der Waals surface area (Å²) >= 11 is 0. The number of rotatable bonds is 5. The molecular weight excluding hydrogens is 252 g/mol. The van der Waals surface area contributed by atoms with E-state index in [1.807, 2.05) is 19.1 Å². The van der Waals surface area contributed by atoms with Gasteiger partial charge in [-0.2, -0.15) is 0 Å². The molecule has 0 spiro atoms. The fourth-order valence-corrected chi connectivity index (χ4v) is 2.38. The van der Waals surface area contributed by atoms with Crippen LogP contribution < -0.4 is 10.1 Å². The van der Waals surface area contributed by atoms with Gasteiger partial charge in [0.1, 0.15) is 11.9 Å². The first-order chi connectivity index (χ1) is 9.61. The zero-order valence-corrected chi connectivity index (χ0v) is 12.1. The monoisotopic (exact) mass is 274 g/mol. The Balaban J connectivity index is 1.43. The van der Waals surface area contributed by atoms with E-state index in [2.05, 4.69) is 29.3 Å². The van der Waals surface area contributed by atoms with Crippen molar-refractivity contribution < 1.29 is 9.53 Å². The molecule has 2 fully saturated rings. The lowest BCUT2D eigenvalue weighted by Crippen LogP contribution is -2.60.